The summed E-state index contributed by atoms with van der Waals surface area (Å²) in [5.74, 6) is 1.04. The van der Waals surface area contributed by atoms with Gasteiger partial charge in [0.05, 0.1) is 6.04 Å². The van der Waals surface area contributed by atoms with Gasteiger partial charge < -0.3 is 29.9 Å². The van der Waals surface area contributed by atoms with E-state index in [4.69, 9.17) is 9.47 Å². The van der Waals surface area contributed by atoms with Crippen LogP contribution in [0.25, 0.3) is 0 Å². The lowest BCUT2D eigenvalue weighted by Gasteiger charge is -2.40. The first-order valence-corrected chi connectivity index (χ1v) is 10.8. The van der Waals surface area contributed by atoms with Crippen LogP contribution in [0.5, 0.6) is 0 Å². The standard InChI is InChI=1S/C21H39N5O4.HI/c1-20(2,3)29-18(27)25-10-8-9-15(12-25)11-23-17(22-7)24-16-13-26(14-16)19(28)30-21(4,5)6;/h15-16H,8-14H2,1-7H3,(H2,22,23,24);1H. The lowest BCUT2D eigenvalue weighted by Crippen LogP contribution is -2.63. The van der Waals surface area contributed by atoms with Gasteiger partial charge in [0.25, 0.3) is 0 Å². The lowest BCUT2D eigenvalue weighted by molar-refractivity contribution is 0.00682. The van der Waals surface area contributed by atoms with Gasteiger partial charge in [-0.25, -0.2) is 9.59 Å². The van der Waals surface area contributed by atoms with Gasteiger partial charge in [-0.3, -0.25) is 4.99 Å². The van der Waals surface area contributed by atoms with Crippen LogP contribution in [0.2, 0.25) is 0 Å². The number of amides is 2. The molecule has 2 heterocycles. The molecule has 1 atom stereocenters. The maximum absolute atomic E-state index is 12.3. The Morgan fingerprint density at radius 2 is 1.52 bits per heavy atom. The number of likely N-dealkylation sites (tertiary alicyclic amines) is 2. The van der Waals surface area contributed by atoms with E-state index in [9.17, 15) is 9.59 Å². The number of ether oxygens (including phenoxy) is 2. The number of piperidine rings is 1. The number of rotatable bonds is 3. The van der Waals surface area contributed by atoms with Crippen LogP contribution >= 0.6 is 24.0 Å². The Labute approximate surface area is 203 Å². The third-order valence-corrected chi connectivity index (χ3v) is 4.83. The van der Waals surface area contributed by atoms with E-state index in [1.807, 2.05) is 41.5 Å². The minimum atomic E-state index is -0.486. The monoisotopic (exact) mass is 553 g/mol. The molecule has 9 nitrogen and oxygen atoms in total. The molecule has 0 spiro atoms. The van der Waals surface area contributed by atoms with Crippen molar-refractivity contribution in [2.75, 3.05) is 39.8 Å². The number of nitrogens with zero attached hydrogens (tertiary/aromatic N) is 3. The van der Waals surface area contributed by atoms with Crippen molar-refractivity contribution in [3.8, 4) is 0 Å². The summed E-state index contributed by atoms with van der Waals surface area (Å²) in [5, 5.41) is 6.69. The summed E-state index contributed by atoms with van der Waals surface area (Å²) in [6.07, 6.45) is 1.49. The molecule has 0 aromatic rings. The number of carbonyl (C=O) groups excluding carboxylic acids is 2. The van der Waals surface area contributed by atoms with E-state index in [0.29, 0.717) is 31.5 Å². The van der Waals surface area contributed by atoms with Crippen molar-refractivity contribution in [2.45, 2.75) is 71.6 Å². The summed E-state index contributed by atoms with van der Waals surface area (Å²) < 4.78 is 10.9. The first-order valence-electron chi connectivity index (χ1n) is 10.8. The molecule has 2 rings (SSSR count). The number of hydrogen-bond donors (Lipinski definition) is 2. The van der Waals surface area contributed by atoms with Gasteiger partial charge in [-0.05, 0) is 60.3 Å². The Hall–Kier alpha value is -1.46. The summed E-state index contributed by atoms with van der Waals surface area (Å²) in [6.45, 7) is 14.5. The third-order valence-electron chi connectivity index (χ3n) is 4.83. The van der Waals surface area contributed by atoms with E-state index < -0.39 is 11.2 Å². The van der Waals surface area contributed by atoms with Gasteiger partial charge in [-0.1, -0.05) is 0 Å². The van der Waals surface area contributed by atoms with E-state index in [-0.39, 0.29) is 42.2 Å². The zero-order chi connectivity index (χ0) is 22.5. The molecule has 180 valence electrons. The summed E-state index contributed by atoms with van der Waals surface area (Å²) in [5.41, 5.74) is -0.968. The van der Waals surface area contributed by atoms with Crippen LogP contribution in [0.4, 0.5) is 9.59 Å². The summed E-state index contributed by atoms with van der Waals surface area (Å²) >= 11 is 0. The molecule has 2 N–H and O–H groups in total. The fourth-order valence-electron chi connectivity index (χ4n) is 3.40. The maximum Gasteiger partial charge on any atom is 0.410 e. The predicted octanol–water partition coefficient (Wildman–Crippen LogP) is 3.04. The molecular formula is C21H40IN5O4. The van der Waals surface area contributed by atoms with Crippen LogP contribution < -0.4 is 10.6 Å². The number of carbonyl (C=O) groups is 2. The molecule has 31 heavy (non-hydrogen) atoms. The molecule has 2 amide bonds. The zero-order valence-corrected chi connectivity index (χ0v) is 22.3. The van der Waals surface area contributed by atoms with E-state index in [1.54, 1.807) is 16.8 Å². The summed E-state index contributed by atoms with van der Waals surface area (Å²) in [7, 11) is 1.73. The number of halogens is 1. The quantitative estimate of drug-likeness (QED) is 0.317. The van der Waals surface area contributed by atoms with Crippen LogP contribution in [0.3, 0.4) is 0 Å². The zero-order valence-electron chi connectivity index (χ0n) is 20.0. The van der Waals surface area contributed by atoms with Gasteiger partial charge in [0.15, 0.2) is 5.96 Å². The molecule has 0 aliphatic carbocycles. The molecule has 10 heteroatoms. The molecule has 2 aliphatic heterocycles. The molecule has 0 saturated carbocycles. The highest BCUT2D eigenvalue weighted by molar-refractivity contribution is 14.0. The van der Waals surface area contributed by atoms with Crippen molar-refractivity contribution in [1.82, 2.24) is 20.4 Å². The molecular weight excluding hydrogens is 513 g/mol. The van der Waals surface area contributed by atoms with Crippen LogP contribution in [0.15, 0.2) is 4.99 Å². The number of guanidine groups is 1. The highest BCUT2D eigenvalue weighted by Gasteiger charge is 2.34. The van der Waals surface area contributed by atoms with Gasteiger partial charge in [0, 0.05) is 39.8 Å². The van der Waals surface area contributed by atoms with Gasteiger partial charge in [0.1, 0.15) is 11.2 Å². The van der Waals surface area contributed by atoms with Crippen LogP contribution in [-0.4, -0.2) is 85.0 Å². The molecule has 0 radical (unpaired) electrons. The Balaban J connectivity index is 0.00000480. The van der Waals surface area contributed by atoms with Crippen molar-refractivity contribution in [3.05, 3.63) is 0 Å². The topological polar surface area (TPSA) is 95.5 Å². The molecule has 2 fully saturated rings. The van der Waals surface area contributed by atoms with Crippen molar-refractivity contribution in [3.63, 3.8) is 0 Å². The predicted molar refractivity (Wildman–Crippen MR) is 132 cm³/mol. The fourth-order valence-corrected chi connectivity index (χ4v) is 3.40. The molecule has 0 bridgehead atoms. The molecule has 2 aliphatic rings. The largest absolute Gasteiger partial charge is 0.444 e. The third kappa shape index (κ3) is 9.69. The van der Waals surface area contributed by atoms with Crippen LogP contribution in [0.1, 0.15) is 54.4 Å². The smallest absolute Gasteiger partial charge is 0.410 e. The SMILES string of the molecule is CN=C(NCC1CCCN(C(=O)OC(C)(C)C)C1)NC1CN(C(=O)OC(C)(C)C)C1.I. The van der Waals surface area contributed by atoms with Crippen molar-refractivity contribution < 1.29 is 19.1 Å². The molecule has 0 aromatic carbocycles. The second-order valence-corrected chi connectivity index (χ2v) is 10.1. The first kappa shape index (κ1) is 27.6. The summed E-state index contributed by atoms with van der Waals surface area (Å²) in [4.78, 5) is 32.1. The Morgan fingerprint density at radius 1 is 0.968 bits per heavy atom. The van der Waals surface area contributed by atoms with Crippen LogP contribution in [-0.2, 0) is 9.47 Å². The Kier molecular flexibility index (Phi) is 10.2. The normalized spacial score (nSPS) is 20.4. The molecule has 1 unspecified atom stereocenters. The van der Waals surface area contributed by atoms with E-state index in [2.05, 4.69) is 15.6 Å². The average molecular weight is 553 g/mol. The summed E-state index contributed by atoms with van der Waals surface area (Å²) in [6, 6.07) is 0.147. The number of nitrogens with one attached hydrogen (secondary N) is 2. The second-order valence-electron chi connectivity index (χ2n) is 10.1. The van der Waals surface area contributed by atoms with E-state index in [0.717, 1.165) is 25.9 Å². The number of hydrogen-bond acceptors (Lipinski definition) is 5. The van der Waals surface area contributed by atoms with Gasteiger partial charge in [-0.15, -0.1) is 24.0 Å². The second kappa shape index (κ2) is 11.4. The highest BCUT2D eigenvalue weighted by Crippen LogP contribution is 2.19. The van der Waals surface area contributed by atoms with Crippen LogP contribution in [0, 0.1) is 5.92 Å². The van der Waals surface area contributed by atoms with E-state index >= 15 is 0 Å². The molecule has 2 saturated heterocycles. The number of aliphatic imine (C=N–C) groups is 1. The Morgan fingerprint density at radius 3 is 2.03 bits per heavy atom. The van der Waals surface area contributed by atoms with Gasteiger partial charge >= 0.3 is 12.2 Å². The minimum Gasteiger partial charge on any atom is -0.444 e. The fraction of sp³-hybridized carbons (Fsp3) is 0.857. The van der Waals surface area contributed by atoms with Gasteiger partial charge in [0.2, 0.25) is 0 Å². The Bertz CT molecular complexity index is 639. The van der Waals surface area contributed by atoms with Gasteiger partial charge in [-0.2, -0.15) is 0 Å². The minimum absolute atomic E-state index is 0. The highest BCUT2D eigenvalue weighted by atomic mass is 127. The van der Waals surface area contributed by atoms with Crippen molar-refractivity contribution in [2.24, 2.45) is 10.9 Å². The average Bonchev–Trinajstić information content (AvgIpc) is 2.57. The molecule has 0 aromatic heterocycles. The van der Waals surface area contributed by atoms with Crippen molar-refractivity contribution in [1.29, 1.82) is 0 Å². The first-order chi connectivity index (χ1) is 13.9. The van der Waals surface area contributed by atoms with Crippen molar-refractivity contribution >= 4 is 42.1 Å². The maximum atomic E-state index is 12.3. The lowest BCUT2D eigenvalue weighted by atomic mass is 9.98. The van der Waals surface area contributed by atoms with E-state index in [1.165, 1.54) is 0 Å².